The smallest absolute Gasteiger partial charge is 0.418 e. The van der Waals surface area contributed by atoms with Crippen LogP contribution < -0.4 is 10.6 Å². The number of nitrogens with one attached hydrogen (secondary N) is 2. The van der Waals surface area contributed by atoms with Crippen LogP contribution in [0.15, 0.2) is 78.4 Å². The average Bonchev–Trinajstić information content (AvgIpc) is 3.37. The number of hydrogen-bond acceptors (Lipinski definition) is 5. The molecule has 0 aliphatic rings. The van der Waals surface area contributed by atoms with Gasteiger partial charge in [0.25, 0.3) is 0 Å². The van der Waals surface area contributed by atoms with Crippen LogP contribution in [0.2, 0.25) is 0 Å². The van der Waals surface area contributed by atoms with Crippen molar-refractivity contribution in [3.63, 3.8) is 0 Å². The Bertz CT molecular complexity index is 1740. The quantitative estimate of drug-likeness (QED) is 0.170. The molecule has 5 rings (SSSR count). The Morgan fingerprint density at radius 1 is 0.902 bits per heavy atom. The summed E-state index contributed by atoms with van der Waals surface area (Å²) in [6.45, 7) is 0. The van der Waals surface area contributed by atoms with Gasteiger partial charge in [-0.1, -0.05) is 36.4 Å². The van der Waals surface area contributed by atoms with Crippen LogP contribution in [0.1, 0.15) is 17.5 Å². The summed E-state index contributed by atoms with van der Waals surface area (Å²) >= 11 is 1.47. The monoisotopic (exact) mass is 580 g/mol. The number of urea groups is 1. The van der Waals surface area contributed by atoms with E-state index < -0.39 is 35.2 Å². The Kier molecular flexibility index (Phi) is 7.66. The van der Waals surface area contributed by atoms with E-state index in [0.29, 0.717) is 23.9 Å². The standard InChI is InChI=1S/C29H20F4N4O3S/c30-19-8-11-23(22(13-19)29(31,32)33)37-28(40)36-20-9-6-18(7-10-20)25-27-26(35-15-34-25)21(14-41-27)17-4-1-16(2-5-17)3-12-24(38)39/h1-2,4-11,13-15H,3,12H2,(H,38,39)(H2,36,37,40). The molecule has 208 valence electrons. The van der Waals surface area contributed by atoms with Crippen molar-refractivity contribution in [3.8, 4) is 22.4 Å². The molecule has 2 aromatic heterocycles. The van der Waals surface area contributed by atoms with Gasteiger partial charge < -0.3 is 15.7 Å². The molecule has 0 saturated carbocycles. The van der Waals surface area contributed by atoms with Crippen LogP contribution in [0, 0.1) is 5.82 Å². The van der Waals surface area contributed by atoms with Crippen LogP contribution >= 0.6 is 11.3 Å². The van der Waals surface area contributed by atoms with Crippen molar-refractivity contribution in [3.05, 3.63) is 95.4 Å². The molecule has 3 N–H and O–H groups in total. The SMILES string of the molecule is O=C(O)CCc1ccc(-c2csc3c(-c4ccc(NC(=O)Nc5ccc(F)cc5C(F)(F)F)cc4)ncnc23)cc1. The second-order valence-electron chi connectivity index (χ2n) is 8.98. The van der Waals surface area contributed by atoms with Gasteiger partial charge in [-0.25, -0.2) is 19.2 Å². The fourth-order valence-corrected chi connectivity index (χ4v) is 5.26. The highest BCUT2D eigenvalue weighted by Gasteiger charge is 2.34. The highest BCUT2D eigenvalue weighted by molar-refractivity contribution is 7.18. The van der Waals surface area contributed by atoms with E-state index in [0.717, 1.165) is 44.6 Å². The van der Waals surface area contributed by atoms with Crippen LogP contribution in [0.5, 0.6) is 0 Å². The first-order valence-electron chi connectivity index (χ1n) is 12.2. The second kappa shape index (κ2) is 11.3. The van der Waals surface area contributed by atoms with Crippen molar-refractivity contribution >= 4 is 44.9 Å². The zero-order valence-corrected chi connectivity index (χ0v) is 21.8. The number of alkyl halides is 3. The number of thiophene rings is 1. The molecule has 0 aliphatic carbocycles. The number of carboxylic acids is 1. The van der Waals surface area contributed by atoms with Gasteiger partial charge in [0.05, 0.1) is 27.2 Å². The first kappa shape index (κ1) is 27.7. The van der Waals surface area contributed by atoms with Gasteiger partial charge in [-0.05, 0) is 47.9 Å². The average molecular weight is 581 g/mol. The maximum Gasteiger partial charge on any atom is 0.418 e. The number of anilines is 2. The van der Waals surface area contributed by atoms with Gasteiger partial charge in [0.2, 0.25) is 0 Å². The van der Waals surface area contributed by atoms with E-state index in [1.165, 1.54) is 17.7 Å². The summed E-state index contributed by atoms with van der Waals surface area (Å²) in [5, 5.41) is 15.4. The first-order chi connectivity index (χ1) is 19.6. The number of fused-ring (bicyclic) bond motifs is 1. The van der Waals surface area contributed by atoms with Gasteiger partial charge in [0.1, 0.15) is 12.1 Å². The Balaban J connectivity index is 1.32. The van der Waals surface area contributed by atoms with E-state index in [2.05, 4.69) is 20.6 Å². The summed E-state index contributed by atoms with van der Waals surface area (Å²) in [7, 11) is 0. The molecule has 0 aliphatic heterocycles. The first-order valence-corrected chi connectivity index (χ1v) is 13.0. The van der Waals surface area contributed by atoms with Crippen LogP contribution in [0.25, 0.3) is 32.6 Å². The van der Waals surface area contributed by atoms with E-state index in [9.17, 15) is 27.2 Å². The van der Waals surface area contributed by atoms with E-state index in [1.807, 2.05) is 29.6 Å². The fourth-order valence-electron chi connectivity index (χ4n) is 4.22. The predicted molar refractivity (Wildman–Crippen MR) is 148 cm³/mol. The van der Waals surface area contributed by atoms with Gasteiger partial charge in [0, 0.05) is 28.6 Å². The van der Waals surface area contributed by atoms with Crippen molar-refractivity contribution in [2.45, 2.75) is 19.0 Å². The van der Waals surface area contributed by atoms with Crippen molar-refractivity contribution < 1.29 is 32.3 Å². The van der Waals surface area contributed by atoms with Gasteiger partial charge in [-0.3, -0.25) is 4.79 Å². The van der Waals surface area contributed by atoms with Crippen molar-refractivity contribution in [2.24, 2.45) is 0 Å². The molecule has 0 saturated heterocycles. The number of aryl methyl sites for hydroxylation is 1. The molecule has 12 heteroatoms. The Morgan fingerprint density at radius 3 is 2.29 bits per heavy atom. The minimum Gasteiger partial charge on any atom is -0.481 e. The topological polar surface area (TPSA) is 104 Å². The van der Waals surface area contributed by atoms with E-state index >= 15 is 0 Å². The molecule has 0 unspecified atom stereocenters. The van der Waals surface area contributed by atoms with Gasteiger partial charge in [-0.2, -0.15) is 13.2 Å². The number of nitrogens with zero attached hydrogens (tertiary/aromatic N) is 2. The number of benzene rings is 3. The summed E-state index contributed by atoms with van der Waals surface area (Å²) in [6, 6.07) is 15.3. The van der Waals surface area contributed by atoms with Crippen molar-refractivity contribution in [1.82, 2.24) is 9.97 Å². The summed E-state index contributed by atoms with van der Waals surface area (Å²) in [6.07, 6.45) is -2.89. The molecule has 0 spiro atoms. The maximum atomic E-state index is 13.3. The number of halogens is 4. The van der Waals surface area contributed by atoms with Crippen molar-refractivity contribution in [2.75, 3.05) is 10.6 Å². The zero-order chi connectivity index (χ0) is 29.1. The van der Waals surface area contributed by atoms with Crippen LogP contribution in [-0.4, -0.2) is 27.1 Å². The third-order valence-corrected chi connectivity index (χ3v) is 7.17. The lowest BCUT2D eigenvalue weighted by Gasteiger charge is -2.14. The Hall–Kier alpha value is -4.84. The minimum atomic E-state index is -4.84. The molecule has 0 bridgehead atoms. The largest absolute Gasteiger partial charge is 0.481 e. The summed E-state index contributed by atoms with van der Waals surface area (Å²) in [4.78, 5) is 32.1. The Labute approximate surface area is 234 Å². The molecular formula is C29H20F4N4O3S. The van der Waals surface area contributed by atoms with E-state index in [-0.39, 0.29) is 6.42 Å². The summed E-state index contributed by atoms with van der Waals surface area (Å²) in [5.74, 6) is -1.92. The molecule has 3 aromatic carbocycles. The number of aromatic nitrogens is 2. The predicted octanol–water partition coefficient (Wildman–Crippen LogP) is 7.84. The van der Waals surface area contributed by atoms with Gasteiger partial charge >= 0.3 is 18.2 Å². The number of carboxylic acid groups (broad SMARTS) is 1. The number of aliphatic carboxylic acids is 1. The van der Waals surface area contributed by atoms with Gasteiger partial charge in [-0.15, -0.1) is 11.3 Å². The summed E-state index contributed by atoms with van der Waals surface area (Å²) in [5.41, 5.74) is 3.38. The molecule has 5 aromatic rings. The number of carbonyl (C=O) groups is 2. The second-order valence-corrected chi connectivity index (χ2v) is 9.86. The van der Waals surface area contributed by atoms with Gasteiger partial charge in [0.15, 0.2) is 0 Å². The lowest BCUT2D eigenvalue weighted by molar-refractivity contribution is -0.137. The molecular weight excluding hydrogens is 560 g/mol. The minimum absolute atomic E-state index is 0.0591. The molecule has 0 atom stereocenters. The third kappa shape index (κ3) is 6.33. The zero-order valence-electron chi connectivity index (χ0n) is 21.0. The summed E-state index contributed by atoms with van der Waals surface area (Å²) < 4.78 is 53.8. The molecule has 0 radical (unpaired) electrons. The van der Waals surface area contributed by atoms with Crippen LogP contribution in [0.4, 0.5) is 33.7 Å². The van der Waals surface area contributed by atoms with Crippen LogP contribution in [-0.2, 0) is 17.4 Å². The lowest BCUT2D eigenvalue weighted by atomic mass is 10.0. The molecule has 41 heavy (non-hydrogen) atoms. The molecule has 0 fully saturated rings. The van der Waals surface area contributed by atoms with Crippen molar-refractivity contribution in [1.29, 1.82) is 0 Å². The molecule has 2 amide bonds. The number of carbonyl (C=O) groups excluding carboxylic acids is 1. The normalized spacial score (nSPS) is 11.4. The highest BCUT2D eigenvalue weighted by Crippen LogP contribution is 2.38. The maximum absolute atomic E-state index is 13.3. The highest BCUT2D eigenvalue weighted by atomic mass is 32.1. The number of amides is 2. The Morgan fingerprint density at radius 2 is 1.61 bits per heavy atom. The fraction of sp³-hybridized carbons (Fsp3) is 0.103. The molecule has 2 heterocycles. The number of rotatable bonds is 7. The van der Waals surface area contributed by atoms with Crippen LogP contribution in [0.3, 0.4) is 0 Å². The van der Waals surface area contributed by atoms with E-state index in [4.69, 9.17) is 5.11 Å². The van der Waals surface area contributed by atoms with E-state index in [1.54, 1.807) is 24.3 Å². The molecule has 7 nitrogen and oxygen atoms in total. The third-order valence-electron chi connectivity index (χ3n) is 6.20. The lowest BCUT2D eigenvalue weighted by Crippen LogP contribution is -2.22. The number of hydrogen-bond donors (Lipinski definition) is 3.